The number of amides is 1. The van der Waals surface area contributed by atoms with E-state index in [4.69, 9.17) is 0 Å². The molecule has 0 aliphatic heterocycles. The summed E-state index contributed by atoms with van der Waals surface area (Å²) >= 11 is 1.47. The number of rotatable bonds is 7. The molecule has 1 aromatic heterocycles. The SMILES string of the molecule is CCn1c(SCC(=O)NC2CCCCCC2)nnc1-c1ccc(N(C)C)cc1. The predicted octanol–water partition coefficient (Wildman–Crippen LogP) is 3.96. The van der Waals surface area contributed by atoms with E-state index in [2.05, 4.69) is 56.2 Å². The number of nitrogens with one attached hydrogen (secondary N) is 1. The summed E-state index contributed by atoms with van der Waals surface area (Å²) in [6, 6.07) is 8.64. The van der Waals surface area contributed by atoms with Crippen LogP contribution in [0.4, 0.5) is 5.69 Å². The van der Waals surface area contributed by atoms with Gasteiger partial charge in [0.1, 0.15) is 0 Å². The van der Waals surface area contributed by atoms with Gasteiger partial charge in [-0.15, -0.1) is 10.2 Å². The lowest BCUT2D eigenvalue weighted by Crippen LogP contribution is -2.35. The van der Waals surface area contributed by atoms with Gasteiger partial charge in [-0.1, -0.05) is 37.4 Å². The standard InChI is InChI=1S/C21H31N5OS/c1-4-26-20(16-11-13-18(14-12-16)25(2)3)23-24-21(26)28-15-19(27)22-17-9-7-5-6-8-10-17/h11-14,17H,4-10,15H2,1-3H3,(H,22,27). The Morgan fingerprint density at radius 1 is 1.14 bits per heavy atom. The molecular weight excluding hydrogens is 370 g/mol. The van der Waals surface area contributed by atoms with Crippen LogP contribution in [-0.2, 0) is 11.3 Å². The zero-order chi connectivity index (χ0) is 19.9. The van der Waals surface area contributed by atoms with E-state index < -0.39 is 0 Å². The predicted molar refractivity (Wildman–Crippen MR) is 116 cm³/mol. The van der Waals surface area contributed by atoms with E-state index in [0.717, 1.165) is 41.6 Å². The minimum absolute atomic E-state index is 0.0967. The number of anilines is 1. The number of carbonyl (C=O) groups excluding carboxylic acids is 1. The lowest BCUT2D eigenvalue weighted by atomic mass is 10.1. The number of benzene rings is 1. The molecule has 0 radical (unpaired) electrons. The zero-order valence-electron chi connectivity index (χ0n) is 17.1. The third-order valence-electron chi connectivity index (χ3n) is 5.23. The molecule has 1 aliphatic rings. The Morgan fingerprint density at radius 2 is 1.82 bits per heavy atom. The van der Waals surface area contributed by atoms with Crippen molar-refractivity contribution < 1.29 is 4.79 Å². The van der Waals surface area contributed by atoms with Gasteiger partial charge in [0.05, 0.1) is 5.75 Å². The van der Waals surface area contributed by atoms with Crippen LogP contribution in [-0.4, -0.2) is 46.6 Å². The van der Waals surface area contributed by atoms with E-state index in [1.165, 1.54) is 37.4 Å². The molecule has 2 aromatic rings. The first-order chi connectivity index (χ1) is 13.6. The summed E-state index contributed by atoms with van der Waals surface area (Å²) in [5, 5.41) is 12.7. The smallest absolute Gasteiger partial charge is 0.230 e. The number of thioether (sulfide) groups is 1. The molecular formula is C21H31N5OS. The average molecular weight is 402 g/mol. The van der Waals surface area contributed by atoms with Crippen LogP contribution in [0, 0.1) is 0 Å². The van der Waals surface area contributed by atoms with Crippen LogP contribution in [0.5, 0.6) is 0 Å². The Balaban J connectivity index is 1.62. The summed E-state index contributed by atoms with van der Waals surface area (Å²) in [5.41, 5.74) is 2.19. The summed E-state index contributed by atoms with van der Waals surface area (Å²) in [6.07, 6.45) is 7.23. The molecule has 3 rings (SSSR count). The van der Waals surface area contributed by atoms with E-state index in [-0.39, 0.29) is 5.91 Å². The second kappa shape index (κ2) is 9.96. The van der Waals surface area contributed by atoms with Crippen molar-refractivity contribution >= 4 is 23.4 Å². The number of carbonyl (C=O) groups is 1. The van der Waals surface area contributed by atoms with Crippen molar-refractivity contribution in [2.45, 2.75) is 63.2 Å². The first kappa shape index (κ1) is 20.7. The number of nitrogens with zero attached hydrogens (tertiary/aromatic N) is 4. The first-order valence-electron chi connectivity index (χ1n) is 10.2. The summed E-state index contributed by atoms with van der Waals surface area (Å²) in [6.45, 7) is 2.85. The van der Waals surface area contributed by atoms with Crippen molar-refractivity contribution in [2.24, 2.45) is 0 Å². The van der Waals surface area contributed by atoms with Crippen molar-refractivity contribution in [3.63, 3.8) is 0 Å². The van der Waals surface area contributed by atoms with Gasteiger partial charge in [-0.2, -0.15) is 0 Å². The Bertz CT molecular complexity index is 764. The van der Waals surface area contributed by atoms with Gasteiger partial charge in [-0.3, -0.25) is 4.79 Å². The molecule has 0 bridgehead atoms. The van der Waals surface area contributed by atoms with E-state index in [0.29, 0.717) is 11.8 Å². The first-order valence-corrected chi connectivity index (χ1v) is 11.2. The molecule has 1 saturated carbocycles. The minimum Gasteiger partial charge on any atom is -0.378 e. The molecule has 1 N–H and O–H groups in total. The van der Waals surface area contributed by atoms with Crippen LogP contribution < -0.4 is 10.2 Å². The van der Waals surface area contributed by atoms with E-state index in [1.807, 2.05) is 14.1 Å². The van der Waals surface area contributed by atoms with Gasteiger partial charge in [0.25, 0.3) is 0 Å². The monoisotopic (exact) mass is 401 g/mol. The molecule has 0 spiro atoms. The molecule has 0 unspecified atom stereocenters. The second-order valence-electron chi connectivity index (χ2n) is 7.54. The highest BCUT2D eigenvalue weighted by Crippen LogP contribution is 2.26. The van der Waals surface area contributed by atoms with E-state index >= 15 is 0 Å². The van der Waals surface area contributed by atoms with Gasteiger partial charge in [-0.25, -0.2) is 0 Å². The van der Waals surface area contributed by atoms with Gasteiger partial charge in [0.2, 0.25) is 5.91 Å². The minimum atomic E-state index is 0.0967. The largest absolute Gasteiger partial charge is 0.378 e. The maximum absolute atomic E-state index is 12.4. The number of aromatic nitrogens is 3. The molecule has 7 heteroatoms. The zero-order valence-corrected chi connectivity index (χ0v) is 18.0. The normalized spacial score (nSPS) is 15.2. The topological polar surface area (TPSA) is 63.1 Å². The summed E-state index contributed by atoms with van der Waals surface area (Å²) < 4.78 is 2.08. The van der Waals surface area contributed by atoms with Gasteiger partial charge >= 0.3 is 0 Å². The van der Waals surface area contributed by atoms with Crippen LogP contribution in [0.3, 0.4) is 0 Å². The Kier molecular flexibility index (Phi) is 7.36. The second-order valence-corrected chi connectivity index (χ2v) is 8.48. The Hall–Kier alpha value is -2.02. The number of hydrogen-bond acceptors (Lipinski definition) is 5. The average Bonchev–Trinajstić information content (AvgIpc) is 2.94. The highest BCUT2D eigenvalue weighted by atomic mass is 32.2. The molecule has 0 saturated heterocycles. The molecule has 6 nitrogen and oxygen atoms in total. The molecule has 1 heterocycles. The molecule has 1 aromatic carbocycles. The molecule has 1 amide bonds. The quantitative estimate of drug-likeness (QED) is 0.562. The van der Waals surface area contributed by atoms with Crippen LogP contribution in [0.1, 0.15) is 45.4 Å². The maximum atomic E-state index is 12.4. The van der Waals surface area contributed by atoms with Crippen molar-refractivity contribution in [3.05, 3.63) is 24.3 Å². The van der Waals surface area contributed by atoms with Crippen molar-refractivity contribution in [1.29, 1.82) is 0 Å². The molecule has 0 atom stereocenters. The molecule has 152 valence electrons. The highest BCUT2D eigenvalue weighted by Gasteiger charge is 2.17. The van der Waals surface area contributed by atoms with Gasteiger partial charge in [0, 0.05) is 37.9 Å². The lowest BCUT2D eigenvalue weighted by molar-refractivity contribution is -0.119. The Labute approximate surface area is 172 Å². The van der Waals surface area contributed by atoms with Gasteiger partial charge in [0.15, 0.2) is 11.0 Å². The Morgan fingerprint density at radius 3 is 2.43 bits per heavy atom. The van der Waals surface area contributed by atoms with Crippen LogP contribution in [0.25, 0.3) is 11.4 Å². The summed E-state index contributed by atoms with van der Waals surface area (Å²) in [4.78, 5) is 14.5. The maximum Gasteiger partial charge on any atom is 0.230 e. The van der Waals surface area contributed by atoms with Crippen molar-refractivity contribution in [3.8, 4) is 11.4 Å². The molecule has 1 aliphatic carbocycles. The van der Waals surface area contributed by atoms with Gasteiger partial charge < -0.3 is 14.8 Å². The van der Waals surface area contributed by atoms with Crippen LogP contribution in [0.15, 0.2) is 29.4 Å². The fourth-order valence-electron chi connectivity index (χ4n) is 3.63. The van der Waals surface area contributed by atoms with Crippen molar-refractivity contribution in [2.75, 3.05) is 24.7 Å². The third-order valence-corrected chi connectivity index (χ3v) is 6.19. The fourth-order valence-corrected chi connectivity index (χ4v) is 4.44. The van der Waals surface area contributed by atoms with Crippen LogP contribution in [0.2, 0.25) is 0 Å². The molecule has 28 heavy (non-hydrogen) atoms. The van der Waals surface area contributed by atoms with Crippen molar-refractivity contribution in [1.82, 2.24) is 20.1 Å². The van der Waals surface area contributed by atoms with Crippen LogP contribution >= 0.6 is 11.8 Å². The lowest BCUT2D eigenvalue weighted by Gasteiger charge is -2.16. The van der Waals surface area contributed by atoms with Gasteiger partial charge in [-0.05, 0) is 44.0 Å². The van der Waals surface area contributed by atoms with E-state index in [1.54, 1.807) is 0 Å². The highest BCUT2D eigenvalue weighted by molar-refractivity contribution is 7.99. The summed E-state index contributed by atoms with van der Waals surface area (Å²) in [5.74, 6) is 1.33. The third kappa shape index (κ3) is 5.28. The molecule has 1 fully saturated rings. The number of hydrogen-bond donors (Lipinski definition) is 1. The summed E-state index contributed by atoms with van der Waals surface area (Å²) in [7, 11) is 4.05. The van der Waals surface area contributed by atoms with E-state index in [9.17, 15) is 4.79 Å². The fraction of sp³-hybridized carbons (Fsp3) is 0.571.